The molecule has 1 heterocycles. The topological polar surface area (TPSA) is 73.1 Å². The van der Waals surface area contributed by atoms with E-state index in [1.54, 1.807) is 32.3 Å². The maximum atomic E-state index is 12.8. The Hall–Kier alpha value is -2.25. The van der Waals surface area contributed by atoms with Crippen molar-refractivity contribution in [2.24, 2.45) is 14.1 Å². The molecule has 0 fully saturated rings. The quantitative estimate of drug-likeness (QED) is 0.757. The lowest BCUT2D eigenvalue weighted by Crippen LogP contribution is -2.19. The van der Waals surface area contributed by atoms with Gasteiger partial charge in [-0.05, 0) is 36.2 Å². The van der Waals surface area contributed by atoms with Gasteiger partial charge < -0.3 is 0 Å². The van der Waals surface area contributed by atoms with Gasteiger partial charge in [-0.15, -0.1) is 0 Å². The number of rotatable bonds is 4. The van der Waals surface area contributed by atoms with Crippen molar-refractivity contribution in [3.8, 4) is 0 Å². The highest BCUT2D eigenvalue weighted by Gasteiger charge is 2.21. The van der Waals surface area contributed by atoms with E-state index in [4.69, 9.17) is 11.6 Å². The fourth-order valence-electron chi connectivity index (χ4n) is 2.77. The number of benzene rings is 2. The van der Waals surface area contributed by atoms with Gasteiger partial charge in [-0.25, -0.2) is 13.2 Å². The average molecular weight is 380 g/mol. The van der Waals surface area contributed by atoms with Gasteiger partial charge in [0, 0.05) is 19.8 Å². The normalized spacial score (nSPS) is 11.8. The molecule has 0 amide bonds. The summed E-state index contributed by atoms with van der Waals surface area (Å²) in [5.41, 5.74) is 2.32. The number of hydrogen-bond acceptors (Lipinski definition) is 3. The molecule has 2 aromatic carbocycles. The van der Waals surface area contributed by atoms with Crippen molar-refractivity contribution in [1.82, 2.24) is 9.13 Å². The van der Waals surface area contributed by atoms with Crippen molar-refractivity contribution in [3.05, 3.63) is 57.5 Å². The zero-order chi connectivity index (χ0) is 18.4. The molecule has 0 spiro atoms. The molecule has 0 bridgehead atoms. The molecule has 1 N–H and O–H groups in total. The lowest BCUT2D eigenvalue weighted by atomic mass is 10.1. The van der Waals surface area contributed by atoms with Crippen molar-refractivity contribution >= 4 is 38.3 Å². The first-order chi connectivity index (χ1) is 11.7. The van der Waals surface area contributed by atoms with Gasteiger partial charge >= 0.3 is 5.69 Å². The maximum absolute atomic E-state index is 12.8. The molecule has 25 heavy (non-hydrogen) atoms. The molecular weight excluding hydrogens is 362 g/mol. The predicted molar refractivity (Wildman–Crippen MR) is 99.8 cm³/mol. The summed E-state index contributed by atoms with van der Waals surface area (Å²) in [5.74, 6) is 0. The molecule has 0 aliphatic rings. The summed E-state index contributed by atoms with van der Waals surface area (Å²) in [4.78, 5) is 12.0. The standard InChI is InChI=1S/C17H18ClN3O3S/c1-4-11-6-5-7-12(8-11)19-25(23,24)16-10-15-14(9-13(16)18)20(2)17(22)21(15)3/h5-10,19H,4H2,1-3H3. The van der Waals surface area contributed by atoms with E-state index < -0.39 is 10.0 Å². The lowest BCUT2D eigenvalue weighted by Gasteiger charge is -2.11. The number of anilines is 1. The summed E-state index contributed by atoms with van der Waals surface area (Å²) in [7, 11) is -0.682. The van der Waals surface area contributed by atoms with Crippen LogP contribution in [0.1, 0.15) is 12.5 Å². The number of aryl methyl sites for hydroxylation is 3. The second kappa shape index (κ2) is 6.24. The van der Waals surface area contributed by atoms with Crippen LogP contribution in [-0.4, -0.2) is 17.6 Å². The van der Waals surface area contributed by atoms with Crippen LogP contribution in [0.25, 0.3) is 11.0 Å². The van der Waals surface area contributed by atoms with Gasteiger partial charge in [0.15, 0.2) is 0 Å². The van der Waals surface area contributed by atoms with Crippen LogP contribution in [-0.2, 0) is 30.5 Å². The molecule has 132 valence electrons. The summed E-state index contributed by atoms with van der Waals surface area (Å²) in [6.45, 7) is 1.99. The Kier molecular flexibility index (Phi) is 4.38. The molecule has 0 saturated carbocycles. The number of nitrogens with one attached hydrogen (secondary N) is 1. The van der Waals surface area contributed by atoms with Crippen LogP contribution in [0.15, 0.2) is 46.1 Å². The van der Waals surface area contributed by atoms with E-state index in [1.807, 2.05) is 13.0 Å². The van der Waals surface area contributed by atoms with Crippen LogP contribution in [0.3, 0.4) is 0 Å². The third kappa shape index (κ3) is 3.05. The molecular formula is C17H18ClN3O3S. The van der Waals surface area contributed by atoms with E-state index in [-0.39, 0.29) is 15.6 Å². The summed E-state index contributed by atoms with van der Waals surface area (Å²) in [6.07, 6.45) is 0.800. The van der Waals surface area contributed by atoms with Crippen molar-refractivity contribution < 1.29 is 8.42 Å². The van der Waals surface area contributed by atoms with Crippen molar-refractivity contribution in [3.63, 3.8) is 0 Å². The first-order valence-electron chi connectivity index (χ1n) is 7.71. The fourth-order valence-corrected chi connectivity index (χ4v) is 4.36. The van der Waals surface area contributed by atoms with E-state index in [2.05, 4.69) is 4.72 Å². The maximum Gasteiger partial charge on any atom is 0.328 e. The largest absolute Gasteiger partial charge is 0.328 e. The molecule has 0 saturated heterocycles. The van der Waals surface area contributed by atoms with Gasteiger partial charge in [0.1, 0.15) is 4.90 Å². The Morgan fingerprint density at radius 1 is 1.08 bits per heavy atom. The van der Waals surface area contributed by atoms with E-state index >= 15 is 0 Å². The minimum absolute atomic E-state index is 0.0628. The summed E-state index contributed by atoms with van der Waals surface area (Å²) in [6, 6.07) is 10.1. The van der Waals surface area contributed by atoms with Crippen LogP contribution in [0.2, 0.25) is 5.02 Å². The van der Waals surface area contributed by atoms with Gasteiger partial charge in [-0.1, -0.05) is 30.7 Å². The van der Waals surface area contributed by atoms with E-state index in [9.17, 15) is 13.2 Å². The molecule has 0 atom stereocenters. The van der Waals surface area contributed by atoms with Crippen LogP contribution >= 0.6 is 11.6 Å². The zero-order valence-corrected chi connectivity index (χ0v) is 15.6. The number of sulfonamides is 1. The minimum Gasteiger partial charge on any atom is -0.295 e. The second-order valence-corrected chi connectivity index (χ2v) is 7.89. The van der Waals surface area contributed by atoms with Gasteiger partial charge in [0.25, 0.3) is 10.0 Å². The molecule has 0 aliphatic heterocycles. The highest BCUT2D eigenvalue weighted by atomic mass is 35.5. The zero-order valence-electron chi connectivity index (χ0n) is 14.1. The lowest BCUT2D eigenvalue weighted by molar-refractivity contribution is 0.601. The van der Waals surface area contributed by atoms with Crippen LogP contribution in [0.5, 0.6) is 0 Å². The Labute approximate surface area is 150 Å². The Balaban J connectivity index is 2.12. The third-order valence-electron chi connectivity index (χ3n) is 4.20. The SMILES string of the molecule is CCc1cccc(NS(=O)(=O)c2cc3c(cc2Cl)n(C)c(=O)n3C)c1. The molecule has 0 unspecified atom stereocenters. The van der Waals surface area contributed by atoms with Crippen molar-refractivity contribution in [2.45, 2.75) is 18.2 Å². The minimum atomic E-state index is -3.89. The van der Waals surface area contributed by atoms with Crippen LogP contribution < -0.4 is 10.4 Å². The smallest absolute Gasteiger partial charge is 0.295 e. The molecule has 0 aliphatic carbocycles. The molecule has 8 heteroatoms. The summed E-state index contributed by atoms with van der Waals surface area (Å²) in [5, 5.41) is 0.0628. The number of fused-ring (bicyclic) bond motifs is 1. The van der Waals surface area contributed by atoms with Crippen molar-refractivity contribution in [2.75, 3.05) is 4.72 Å². The first-order valence-corrected chi connectivity index (χ1v) is 9.57. The van der Waals surface area contributed by atoms with Gasteiger partial charge in [-0.3, -0.25) is 13.9 Å². The number of hydrogen-bond donors (Lipinski definition) is 1. The van der Waals surface area contributed by atoms with Crippen LogP contribution in [0, 0.1) is 0 Å². The average Bonchev–Trinajstić information content (AvgIpc) is 2.78. The first kappa shape index (κ1) is 17.6. The number of halogens is 1. The fraction of sp³-hybridized carbons (Fsp3) is 0.235. The third-order valence-corrected chi connectivity index (χ3v) is 6.05. The Morgan fingerprint density at radius 3 is 2.36 bits per heavy atom. The summed E-state index contributed by atoms with van der Waals surface area (Å²) < 4.78 is 30.9. The van der Waals surface area contributed by atoms with Gasteiger partial charge in [0.05, 0.1) is 16.1 Å². The Morgan fingerprint density at radius 2 is 1.72 bits per heavy atom. The second-order valence-electron chi connectivity index (χ2n) is 5.83. The number of imidazole rings is 1. The van der Waals surface area contributed by atoms with E-state index in [0.29, 0.717) is 16.7 Å². The monoisotopic (exact) mass is 379 g/mol. The molecule has 1 aromatic heterocycles. The van der Waals surface area contributed by atoms with Crippen LogP contribution in [0.4, 0.5) is 5.69 Å². The Bertz CT molecular complexity index is 1130. The van der Waals surface area contributed by atoms with Crippen molar-refractivity contribution in [1.29, 1.82) is 0 Å². The highest BCUT2D eigenvalue weighted by Crippen LogP contribution is 2.28. The number of aromatic nitrogens is 2. The van der Waals surface area contributed by atoms with E-state index in [0.717, 1.165) is 12.0 Å². The van der Waals surface area contributed by atoms with Gasteiger partial charge in [0.2, 0.25) is 0 Å². The molecule has 6 nitrogen and oxygen atoms in total. The van der Waals surface area contributed by atoms with E-state index in [1.165, 1.54) is 21.3 Å². The summed E-state index contributed by atoms with van der Waals surface area (Å²) >= 11 is 6.20. The highest BCUT2D eigenvalue weighted by molar-refractivity contribution is 7.92. The predicted octanol–water partition coefficient (Wildman–Crippen LogP) is 2.89. The number of nitrogens with zero attached hydrogens (tertiary/aromatic N) is 2. The molecule has 3 aromatic rings. The van der Waals surface area contributed by atoms with Gasteiger partial charge in [-0.2, -0.15) is 0 Å². The molecule has 0 radical (unpaired) electrons. The molecule has 3 rings (SSSR count).